The fourth-order valence-electron chi connectivity index (χ4n) is 6.23. The first-order valence-corrected chi connectivity index (χ1v) is 15.1. The molecule has 4 aromatic carbocycles. The number of hydrogen-bond donors (Lipinski definition) is 6. The summed E-state index contributed by atoms with van der Waals surface area (Å²) in [6.45, 7) is 0. The molecular formula is C35H18F6N2O14. The number of nitrogens with two attached hydrogens (primary N) is 2. The number of anilines is 2. The van der Waals surface area contributed by atoms with Crippen LogP contribution in [0.2, 0.25) is 0 Å². The molecule has 2 aromatic heterocycles. The van der Waals surface area contributed by atoms with Crippen molar-refractivity contribution in [3.05, 3.63) is 136 Å². The van der Waals surface area contributed by atoms with Crippen molar-refractivity contribution in [2.45, 2.75) is 17.8 Å². The third-order valence-electron chi connectivity index (χ3n) is 8.63. The lowest BCUT2D eigenvalue weighted by Crippen LogP contribution is -2.55. The van der Waals surface area contributed by atoms with Crippen LogP contribution < -0.4 is 34.0 Å². The summed E-state index contributed by atoms with van der Waals surface area (Å²) in [5, 5.41) is 35.1. The van der Waals surface area contributed by atoms with E-state index in [-0.39, 0.29) is 74.9 Å². The Balaban J connectivity index is 0.000000227. The largest absolute Gasteiger partial charge is 0.478 e. The Labute approximate surface area is 307 Å². The third-order valence-corrected chi connectivity index (χ3v) is 8.63. The highest BCUT2D eigenvalue weighted by Crippen LogP contribution is 2.56. The van der Waals surface area contributed by atoms with E-state index in [0.717, 1.165) is 0 Å². The number of hydrogen-bond acceptors (Lipinski definition) is 12. The number of alkyl halides is 6. The lowest BCUT2D eigenvalue weighted by molar-refractivity contribution is -0.288. The maximum atomic E-state index is 14.2. The van der Waals surface area contributed by atoms with Crippen molar-refractivity contribution >= 4 is 56.8 Å². The molecule has 0 fully saturated rings. The first kappa shape index (κ1) is 40.4. The highest BCUT2D eigenvalue weighted by molar-refractivity contribution is 6.20. The minimum atomic E-state index is -6.27. The van der Waals surface area contributed by atoms with Crippen molar-refractivity contribution in [3.8, 4) is 11.1 Å². The van der Waals surface area contributed by atoms with Gasteiger partial charge in [-0.15, -0.1) is 0 Å². The van der Waals surface area contributed by atoms with Crippen molar-refractivity contribution < 1.29 is 74.8 Å². The zero-order chi connectivity index (χ0) is 42.7. The number of halogens is 6. The van der Waals surface area contributed by atoms with Crippen molar-refractivity contribution in [1.82, 2.24) is 0 Å². The second-order valence-corrected chi connectivity index (χ2v) is 11.7. The van der Waals surface area contributed by atoms with Gasteiger partial charge in [0, 0.05) is 16.8 Å². The van der Waals surface area contributed by atoms with Crippen LogP contribution in [0, 0.1) is 0 Å². The molecule has 57 heavy (non-hydrogen) atoms. The van der Waals surface area contributed by atoms with Crippen LogP contribution in [-0.2, 0) is 5.41 Å². The minimum Gasteiger partial charge on any atom is -0.478 e. The summed E-state index contributed by atoms with van der Waals surface area (Å²) in [6.07, 6.45) is -12.5. The second-order valence-electron chi connectivity index (χ2n) is 11.7. The van der Waals surface area contributed by atoms with Crippen molar-refractivity contribution in [2.24, 2.45) is 0 Å². The van der Waals surface area contributed by atoms with Crippen LogP contribution in [-0.4, -0.2) is 56.7 Å². The molecule has 0 atom stereocenters. The minimum absolute atomic E-state index is 0.0735. The molecule has 2 heterocycles. The van der Waals surface area contributed by atoms with Crippen LogP contribution >= 0.6 is 0 Å². The molecule has 0 radical (unpaired) electrons. The number of nitrogen functional groups attached to an aromatic ring is 2. The van der Waals surface area contributed by atoms with Gasteiger partial charge in [0.15, 0.2) is 0 Å². The predicted molar refractivity (Wildman–Crippen MR) is 181 cm³/mol. The van der Waals surface area contributed by atoms with E-state index in [4.69, 9.17) is 31.9 Å². The van der Waals surface area contributed by atoms with Gasteiger partial charge < -0.3 is 40.7 Å². The molecule has 0 bridgehead atoms. The topological polar surface area (TPSA) is 296 Å². The average molecular weight is 805 g/mol. The molecular weight excluding hydrogens is 786 g/mol. The number of carboxylic acids is 4. The molecule has 16 nitrogen and oxygen atoms in total. The maximum absolute atomic E-state index is 14.2. The third kappa shape index (κ3) is 6.36. The number of aromatic carboxylic acids is 4. The SMILES string of the molecule is Nc1ccccc1-c1c(N)c2c(=O)oc(=O)c2c2c(=O)oc(=O)c12.O=C(O)c1ccc(C(c2ccc(C(=O)O)c(C(=O)O)c2)(C(F)(F)F)C(F)(F)F)cc1C(=O)O. The van der Waals surface area contributed by atoms with Crippen LogP contribution in [0.15, 0.2) is 88.7 Å². The fourth-order valence-corrected chi connectivity index (χ4v) is 6.23. The molecule has 0 amide bonds. The Morgan fingerprint density at radius 2 is 0.877 bits per heavy atom. The van der Waals surface area contributed by atoms with E-state index >= 15 is 0 Å². The number of para-hydroxylation sites is 1. The van der Waals surface area contributed by atoms with Crippen molar-refractivity contribution in [1.29, 1.82) is 0 Å². The molecule has 294 valence electrons. The summed E-state index contributed by atoms with van der Waals surface area (Å²) < 4.78 is 94.2. The molecule has 22 heteroatoms. The smallest absolute Gasteiger partial charge is 0.411 e. The van der Waals surface area contributed by atoms with Crippen LogP contribution in [0.4, 0.5) is 37.7 Å². The van der Waals surface area contributed by atoms with Gasteiger partial charge in [-0.1, -0.05) is 30.3 Å². The van der Waals surface area contributed by atoms with Crippen LogP contribution in [0.25, 0.3) is 32.7 Å². The second kappa shape index (κ2) is 13.8. The molecule has 0 aliphatic carbocycles. The first-order chi connectivity index (χ1) is 26.4. The molecule has 0 unspecified atom stereocenters. The number of carboxylic acid groups (broad SMARTS) is 4. The Morgan fingerprint density at radius 3 is 1.26 bits per heavy atom. The van der Waals surface area contributed by atoms with E-state index in [1.165, 1.54) is 0 Å². The Hall–Kier alpha value is -7.78. The fraction of sp³-hybridized carbons (Fsp3) is 0.0857. The van der Waals surface area contributed by atoms with Gasteiger partial charge in [0.25, 0.3) is 0 Å². The first-order valence-electron chi connectivity index (χ1n) is 15.1. The number of fused-ring (bicyclic) bond motifs is 3. The lowest BCUT2D eigenvalue weighted by Gasteiger charge is -2.38. The number of carbonyl (C=O) groups is 4. The van der Waals surface area contributed by atoms with E-state index < -0.39 is 97.5 Å². The monoisotopic (exact) mass is 804 g/mol. The molecule has 0 spiro atoms. The number of benzene rings is 4. The summed E-state index contributed by atoms with van der Waals surface area (Å²) in [5.74, 6) is -8.16. The summed E-state index contributed by atoms with van der Waals surface area (Å²) in [6, 6.07) is 6.88. The highest BCUT2D eigenvalue weighted by atomic mass is 19.4. The van der Waals surface area contributed by atoms with Crippen molar-refractivity contribution in [3.63, 3.8) is 0 Å². The average Bonchev–Trinajstić information content (AvgIpc) is 3.56. The normalized spacial score (nSPS) is 12.0. The van der Waals surface area contributed by atoms with E-state index in [2.05, 4.69) is 8.83 Å². The molecule has 6 aromatic rings. The Bertz CT molecular complexity index is 2830. The van der Waals surface area contributed by atoms with Crippen LogP contribution in [0.5, 0.6) is 0 Å². The molecule has 6 rings (SSSR count). The zero-order valence-corrected chi connectivity index (χ0v) is 27.6. The molecule has 8 N–H and O–H groups in total. The summed E-state index contributed by atoms with van der Waals surface area (Å²) in [5.41, 5.74) is -5.10. The van der Waals surface area contributed by atoms with Crippen LogP contribution in [0.3, 0.4) is 0 Å². The lowest BCUT2D eigenvalue weighted by atomic mass is 9.71. The maximum Gasteiger partial charge on any atom is 0.411 e. The number of rotatable bonds is 7. The predicted octanol–water partition coefficient (Wildman–Crippen LogP) is 4.22. The van der Waals surface area contributed by atoms with Gasteiger partial charge in [-0.25, -0.2) is 38.4 Å². The molecule has 0 saturated heterocycles. The van der Waals surface area contributed by atoms with Crippen molar-refractivity contribution in [2.75, 3.05) is 11.5 Å². The standard InChI is InChI=1S/C19H10F6O8.C16H8N2O6/c20-18(21,22)17(19(23,24)25,7-1-3-9(13(26)27)11(5-7)15(30)31)8-2-4-10(14(28)29)12(6-8)16(32)33;17-6-4-2-1-3-5(6)7-8-9(14(20)23-13(8)19)10-11(12(7)18)16(22)24-15(10)21/h1-6H,(H,26,27)(H,28,29)(H,30,31)(H,32,33);1-4H,17-18H2. The molecule has 0 saturated carbocycles. The molecule has 0 aliphatic heterocycles. The van der Waals surface area contributed by atoms with Gasteiger partial charge in [-0.2, -0.15) is 26.3 Å². The van der Waals surface area contributed by atoms with E-state index in [1.54, 1.807) is 24.3 Å². The highest BCUT2D eigenvalue weighted by Gasteiger charge is 2.72. The Morgan fingerprint density at radius 1 is 0.509 bits per heavy atom. The van der Waals surface area contributed by atoms with Gasteiger partial charge in [-0.05, 0) is 41.5 Å². The van der Waals surface area contributed by atoms with Gasteiger partial charge >= 0.3 is 58.7 Å². The van der Waals surface area contributed by atoms with Crippen LogP contribution in [0.1, 0.15) is 52.6 Å². The number of furan rings is 2. The quantitative estimate of drug-likeness (QED) is 0.0972. The Kier molecular flexibility index (Phi) is 9.79. The van der Waals surface area contributed by atoms with E-state index in [9.17, 15) is 64.7 Å². The van der Waals surface area contributed by atoms with Gasteiger partial charge in [0.1, 0.15) is 0 Å². The van der Waals surface area contributed by atoms with Gasteiger partial charge in [0.05, 0.1) is 49.5 Å². The summed E-state index contributed by atoms with van der Waals surface area (Å²) in [4.78, 5) is 93.0. The molecule has 0 aliphatic rings. The van der Waals surface area contributed by atoms with E-state index in [0.29, 0.717) is 5.56 Å². The van der Waals surface area contributed by atoms with E-state index in [1.807, 2.05) is 0 Å². The zero-order valence-electron chi connectivity index (χ0n) is 27.6. The summed E-state index contributed by atoms with van der Waals surface area (Å²) in [7, 11) is 0. The van der Waals surface area contributed by atoms with Gasteiger partial charge in [-0.3, -0.25) is 0 Å². The van der Waals surface area contributed by atoms with Gasteiger partial charge in [0.2, 0.25) is 5.41 Å². The summed E-state index contributed by atoms with van der Waals surface area (Å²) >= 11 is 0.